The van der Waals surface area contributed by atoms with Crippen LogP contribution in [0.3, 0.4) is 0 Å². The molecule has 0 spiro atoms. The van der Waals surface area contributed by atoms with Crippen molar-refractivity contribution in [3.05, 3.63) is 47.5 Å². The van der Waals surface area contributed by atoms with Crippen LogP contribution in [0.5, 0.6) is 5.75 Å². The van der Waals surface area contributed by atoms with Gasteiger partial charge in [0, 0.05) is 36.5 Å². The Labute approximate surface area is 151 Å². The van der Waals surface area contributed by atoms with Crippen molar-refractivity contribution in [3.63, 3.8) is 0 Å². The highest BCUT2D eigenvalue weighted by Gasteiger charge is 2.23. The lowest BCUT2D eigenvalue weighted by Crippen LogP contribution is -2.23. The zero-order valence-electron chi connectivity index (χ0n) is 14.7. The van der Waals surface area contributed by atoms with E-state index in [2.05, 4.69) is 10.6 Å². The van der Waals surface area contributed by atoms with E-state index in [4.69, 9.17) is 4.74 Å². The Kier molecular flexibility index (Phi) is 5.68. The van der Waals surface area contributed by atoms with E-state index in [-0.39, 0.29) is 11.5 Å². The minimum absolute atomic E-state index is 0.0445. The number of ether oxygens (including phenoxy) is 1. The maximum Gasteiger partial charge on any atom is 0.330 e. The van der Waals surface area contributed by atoms with Crippen LogP contribution in [0.4, 0.5) is 14.9 Å². The van der Waals surface area contributed by atoms with Gasteiger partial charge in [-0.05, 0) is 37.6 Å². The predicted molar refractivity (Wildman–Crippen MR) is 96.6 cm³/mol. The molecule has 1 amide bonds. The standard InChI is InChI=1S/C19H22FN3O3/c1-2-21-9-11-26-13-6-7-16(15(20)12-13)22-19(25)23-10-8-14-17(23)4-3-5-18(14)24/h6-8,10,12,21H,2-5,9,11H2,1H3,(H,22,25). The molecular weight excluding hydrogens is 337 g/mol. The highest BCUT2D eigenvalue weighted by molar-refractivity contribution is 6.00. The molecule has 7 heteroatoms. The summed E-state index contributed by atoms with van der Waals surface area (Å²) in [5.74, 6) is -0.123. The Bertz CT molecular complexity index is 816. The molecular formula is C19H22FN3O3. The number of likely N-dealkylation sites (N-methyl/N-ethyl adjacent to an activating group) is 1. The van der Waals surface area contributed by atoms with Crippen LogP contribution in [0.25, 0.3) is 0 Å². The number of anilines is 1. The molecule has 138 valence electrons. The van der Waals surface area contributed by atoms with Crippen LogP contribution < -0.4 is 15.4 Å². The van der Waals surface area contributed by atoms with E-state index < -0.39 is 11.8 Å². The Morgan fingerprint density at radius 1 is 1.31 bits per heavy atom. The van der Waals surface area contributed by atoms with E-state index in [1.165, 1.54) is 16.7 Å². The normalized spacial score (nSPS) is 13.4. The van der Waals surface area contributed by atoms with E-state index in [1.54, 1.807) is 18.3 Å². The molecule has 3 rings (SSSR count). The number of nitrogens with one attached hydrogen (secondary N) is 2. The highest BCUT2D eigenvalue weighted by atomic mass is 19.1. The van der Waals surface area contributed by atoms with E-state index >= 15 is 0 Å². The zero-order valence-corrected chi connectivity index (χ0v) is 14.7. The van der Waals surface area contributed by atoms with Gasteiger partial charge in [0.25, 0.3) is 0 Å². The van der Waals surface area contributed by atoms with Crippen molar-refractivity contribution in [2.75, 3.05) is 25.0 Å². The summed E-state index contributed by atoms with van der Waals surface area (Å²) in [5.41, 5.74) is 1.33. The molecule has 1 aliphatic carbocycles. The van der Waals surface area contributed by atoms with Gasteiger partial charge in [-0.2, -0.15) is 0 Å². The number of nitrogens with zero attached hydrogens (tertiary/aromatic N) is 1. The quantitative estimate of drug-likeness (QED) is 0.777. The predicted octanol–water partition coefficient (Wildman–Crippen LogP) is 3.21. The number of amides is 1. The van der Waals surface area contributed by atoms with Crippen molar-refractivity contribution < 1.29 is 18.7 Å². The number of carbonyl (C=O) groups excluding carboxylic acids is 2. The molecule has 2 N–H and O–H groups in total. The summed E-state index contributed by atoms with van der Waals surface area (Å²) in [6, 6.07) is 5.49. The summed E-state index contributed by atoms with van der Waals surface area (Å²) in [4.78, 5) is 24.3. The summed E-state index contributed by atoms with van der Waals surface area (Å²) in [6.45, 7) is 3.95. The first-order chi connectivity index (χ1) is 12.6. The second-order valence-electron chi connectivity index (χ2n) is 6.10. The largest absolute Gasteiger partial charge is 0.492 e. The fourth-order valence-corrected chi connectivity index (χ4v) is 3.00. The first-order valence-corrected chi connectivity index (χ1v) is 8.78. The fraction of sp³-hybridized carbons (Fsp3) is 0.368. The zero-order chi connectivity index (χ0) is 18.5. The minimum atomic E-state index is -0.573. The van der Waals surface area contributed by atoms with Crippen LogP contribution in [0.2, 0.25) is 0 Å². The number of rotatable bonds is 6. The maximum atomic E-state index is 14.3. The number of aromatic nitrogens is 1. The van der Waals surface area contributed by atoms with Crippen LogP contribution >= 0.6 is 0 Å². The summed E-state index contributed by atoms with van der Waals surface area (Å²) in [5, 5.41) is 5.66. The van der Waals surface area contributed by atoms with E-state index in [9.17, 15) is 14.0 Å². The summed E-state index contributed by atoms with van der Waals surface area (Å²) in [6.07, 6.45) is 3.43. The molecule has 1 aromatic heterocycles. The molecule has 2 aromatic rings. The molecule has 0 saturated carbocycles. The van der Waals surface area contributed by atoms with Crippen molar-refractivity contribution in [3.8, 4) is 5.75 Å². The molecule has 6 nitrogen and oxygen atoms in total. The molecule has 0 aliphatic heterocycles. The number of fused-ring (bicyclic) bond motifs is 1. The van der Waals surface area contributed by atoms with Gasteiger partial charge in [-0.15, -0.1) is 0 Å². The van der Waals surface area contributed by atoms with Gasteiger partial charge in [0.15, 0.2) is 5.78 Å². The van der Waals surface area contributed by atoms with Crippen LogP contribution in [0.1, 0.15) is 35.8 Å². The van der Waals surface area contributed by atoms with Crippen molar-refractivity contribution in [2.45, 2.75) is 26.2 Å². The average molecular weight is 359 g/mol. The molecule has 0 radical (unpaired) electrons. The van der Waals surface area contributed by atoms with Crippen molar-refractivity contribution in [1.29, 1.82) is 0 Å². The summed E-state index contributed by atoms with van der Waals surface area (Å²) in [7, 11) is 0. The van der Waals surface area contributed by atoms with E-state index in [1.807, 2.05) is 6.92 Å². The fourth-order valence-electron chi connectivity index (χ4n) is 3.00. The van der Waals surface area contributed by atoms with Crippen molar-refractivity contribution >= 4 is 17.5 Å². The van der Waals surface area contributed by atoms with Gasteiger partial charge in [0.05, 0.1) is 5.69 Å². The molecule has 1 aromatic carbocycles. The van der Waals surface area contributed by atoms with Gasteiger partial charge in [-0.25, -0.2) is 9.18 Å². The number of halogens is 1. The third-order valence-corrected chi connectivity index (χ3v) is 4.31. The van der Waals surface area contributed by atoms with E-state index in [0.717, 1.165) is 13.0 Å². The molecule has 0 unspecified atom stereocenters. The van der Waals surface area contributed by atoms with Crippen LogP contribution in [-0.2, 0) is 6.42 Å². The van der Waals surface area contributed by atoms with Gasteiger partial charge >= 0.3 is 6.03 Å². The first kappa shape index (κ1) is 18.1. The third-order valence-electron chi connectivity index (χ3n) is 4.31. The van der Waals surface area contributed by atoms with Gasteiger partial charge in [0.2, 0.25) is 0 Å². The van der Waals surface area contributed by atoms with Crippen LogP contribution in [-0.4, -0.2) is 36.1 Å². The van der Waals surface area contributed by atoms with Gasteiger partial charge in [0.1, 0.15) is 18.2 Å². The molecule has 0 saturated heterocycles. The maximum absolute atomic E-state index is 14.3. The van der Waals surface area contributed by atoms with Crippen LogP contribution in [0, 0.1) is 5.82 Å². The van der Waals surface area contributed by atoms with Gasteiger partial charge < -0.3 is 15.4 Å². The molecule has 0 fully saturated rings. The smallest absolute Gasteiger partial charge is 0.330 e. The monoisotopic (exact) mass is 359 g/mol. The number of benzene rings is 1. The number of carbonyl (C=O) groups is 2. The topological polar surface area (TPSA) is 72.4 Å². The van der Waals surface area contributed by atoms with Crippen LogP contribution in [0.15, 0.2) is 30.5 Å². The van der Waals surface area contributed by atoms with Gasteiger partial charge in [-0.1, -0.05) is 6.92 Å². The molecule has 26 heavy (non-hydrogen) atoms. The third kappa shape index (κ3) is 3.94. The molecule has 1 aliphatic rings. The number of hydrogen-bond donors (Lipinski definition) is 2. The van der Waals surface area contributed by atoms with E-state index in [0.29, 0.717) is 43.0 Å². The molecule has 0 bridgehead atoms. The van der Waals surface area contributed by atoms with Crippen molar-refractivity contribution in [2.24, 2.45) is 0 Å². The highest BCUT2D eigenvalue weighted by Crippen LogP contribution is 2.24. The second-order valence-corrected chi connectivity index (χ2v) is 6.10. The lowest BCUT2D eigenvalue weighted by atomic mass is 9.97. The Morgan fingerprint density at radius 2 is 2.15 bits per heavy atom. The lowest BCUT2D eigenvalue weighted by molar-refractivity contribution is 0.0972. The first-order valence-electron chi connectivity index (χ1n) is 8.78. The SMILES string of the molecule is CCNCCOc1ccc(NC(=O)n2ccc3c2CCCC3=O)c(F)c1. The molecule has 0 atom stereocenters. The summed E-state index contributed by atoms with van der Waals surface area (Å²) >= 11 is 0. The number of ketones is 1. The average Bonchev–Trinajstić information content (AvgIpc) is 3.06. The molecule has 1 heterocycles. The number of Topliss-reactive ketones (excluding diaryl/α,β-unsaturated/α-hetero) is 1. The van der Waals surface area contributed by atoms with Gasteiger partial charge in [-0.3, -0.25) is 9.36 Å². The Hall–Kier alpha value is -2.67. The second kappa shape index (κ2) is 8.14. The lowest BCUT2D eigenvalue weighted by Gasteiger charge is -2.15. The van der Waals surface area contributed by atoms with Crippen molar-refractivity contribution in [1.82, 2.24) is 9.88 Å². The number of hydrogen-bond acceptors (Lipinski definition) is 4. The minimum Gasteiger partial charge on any atom is -0.492 e. The Balaban J connectivity index is 1.67. The summed E-state index contributed by atoms with van der Waals surface area (Å²) < 4.78 is 21.1. The Morgan fingerprint density at radius 3 is 2.92 bits per heavy atom.